The van der Waals surface area contributed by atoms with Gasteiger partial charge in [-0.05, 0) is 63.0 Å². The Kier molecular flexibility index (Phi) is 4.49. The number of halogens is 1. The van der Waals surface area contributed by atoms with Crippen LogP contribution in [-0.2, 0) is 6.54 Å². The van der Waals surface area contributed by atoms with Crippen LogP contribution in [0.15, 0.2) is 18.2 Å². The second-order valence-electron chi connectivity index (χ2n) is 6.39. The number of rotatable bonds is 2. The van der Waals surface area contributed by atoms with Crippen molar-refractivity contribution in [2.24, 2.45) is 5.92 Å². The Bertz CT molecular complexity index is 551. The summed E-state index contributed by atoms with van der Waals surface area (Å²) >= 11 is 6.30. The molecule has 3 nitrogen and oxygen atoms in total. The van der Waals surface area contributed by atoms with E-state index in [0.29, 0.717) is 5.56 Å². The van der Waals surface area contributed by atoms with Gasteiger partial charge in [0.25, 0.3) is 0 Å². The van der Waals surface area contributed by atoms with Crippen LogP contribution < -0.4 is 0 Å². The van der Waals surface area contributed by atoms with Crippen LogP contribution >= 0.6 is 11.6 Å². The normalized spacial score (nSPS) is 27.1. The topological polar surface area (TPSA) is 30.3 Å². The van der Waals surface area contributed by atoms with Crippen molar-refractivity contribution in [1.82, 2.24) is 9.80 Å². The van der Waals surface area contributed by atoms with Crippen LogP contribution in [0, 0.1) is 17.2 Å². The van der Waals surface area contributed by atoms with Crippen molar-refractivity contribution in [3.8, 4) is 6.07 Å². The predicted octanol–water partition coefficient (Wildman–Crippen LogP) is 3.13. The lowest BCUT2D eigenvalue weighted by Crippen LogP contribution is -2.52. The van der Waals surface area contributed by atoms with Crippen LogP contribution in [0.3, 0.4) is 0 Å². The third-order valence-corrected chi connectivity index (χ3v) is 5.36. The van der Waals surface area contributed by atoms with Crippen LogP contribution in [0.4, 0.5) is 0 Å². The van der Waals surface area contributed by atoms with Gasteiger partial charge in [0.15, 0.2) is 0 Å². The van der Waals surface area contributed by atoms with Crippen molar-refractivity contribution in [2.75, 3.05) is 26.7 Å². The van der Waals surface area contributed by atoms with Crippen molar-refractivity contribution >= 4 is 11.6 Å². The lowest BCUT2D eigenvalue weighted by Gasteiger charge is -2.46. The first-order valence-corrected chi connectivity index (χ1v) is 8.16. The fourth-order valence-corrected chi connectivity index (χ4v) is 4.10. The van der Waals surface area contributed by atoms with E-state index < -0.39 is 0 Å². The molecule has 0 radical (unpaired) electrons. The first-order valence-electron chi connectivity index (χ1n) is 7.78. The minimum absolute atomic E-state index is 0.636. The van der Waals surface area contributed by atoms with Crippen LogP contribution in [0.2, 0.25) is 5.02 Å². The Hall–Kier alpha value is -1.08. The average Bonchev–Trinajstić information content (AvgIpc) is 2.49. The Morgan fingerprint density at radius 1 is 1.33 bits per heavy atom. The molecule has 0 amide bonds. The van der Waals surface area contributed by atoms with Gasteiger partial charge < -0.3 is 4.90 Å². The molecular formula is C17H22ClN3. The van der Waals surface area contributed by atoms with Crippen molar-refractivity contribution < 1.29 is 0 Å². The van der Waals surface area contributed by atoms with Gasteiger partial charge in [-0.15, -0.1) is 0 Å². The summed E-state index contributed by atoms with van der Waals surface area (Å²) in [6.07, 6.45) is 3.94. The molecule has 2 aliphatic rings. The van der Waals surface area contributed by atoms with Crippen LogP contribution in [0.5, 0.6) is 0 Å². The van der Waals surface area contributed by atoms with Gasteiger partial charge >= 0.3 is 0 Å². The molecule has 2 unspecified atom stereocenters. The van der Waals surface area contributed by atoms with Crippen LogP contribution in [0.1, 0.15) is 30.4 Å². The van der Waals surface area contributed by atoms with E-state index in [0.717, 1.165) is 35.6 Å². The van der Waals surface area contributed by atoms with E-state index in [2.05, 4.69) is 22.9 Å². The highest BCUT2D eigenvalue weighted by Gasteiger charge is 2.34. The minimum atomic E-state index is 0.636. The summed E-state index contributed by atoms with van der Waals surface area (Å²) in [6.45, 7) is 4.47. The zero-order valence-corrected chi connectivity index (χ0v) is 13.3. The largest absolute Gasteiger partial charge is 0.303 e. The van der Waals surface area contributed by atoms with Gasteiger partial charge in [-0.2, -0.15) is 5.26 Å². The highest BCUT2D eigenvalue weighted by molar-refractivity contribution is 6.31. The number of benzene rings is 1. The number of hydrogen-bond donors (Lipinski definition) is 0. The first kappa shape index (κ1) is 14.8. The van der Waals surface area contributed by atoms with E-state index in [9.17, 15) is 0 Å². The zero-order valence-electron chi connectivity index (χ0n) is 12.6. The van der Waals surface area contributed by atoms with Gasteiger partial charge in [0.1, 0.15) is 0 Å². The zero-order chi connectivity index (χ0) is 14.8. The maximum atomic E-state index is 8.90. The summed E-state index contributed by atoms with van der Waals surface area (Å²) in [5.41, 5.74) is 1.77. The summed E-state index contributed by atoms with van der Waals surface area (Å²) < 4.78 is 0. The fourth-order valence-electron chi connectivity index (χ4n) is 3.86. The van der Waals surface area contributed by atoms with Gasteiger partial charge in [0.05, 0.1) is 11.6 Å². The molecule has 0 aromatic heterocycles. The predicted molar refractivity (Wildman–Crippen MR) is 85.2 cm³/mol. The maximum absolute atomic E-state index is 8.90. The molecule has 2 saturated heterocycles. The minimum Gasteiger partial charge on any atom is -0.303 e. The Labute approximate surface area is 132 Å². The molecule has 0 spiro atoms. The summed E-state index contributed by atoms with van der Waals surface area (Å²) in [5, 5.41) is 9.62. The molecule has 0 N–H and O–H groups in total. The molecule has 1 aromatic rings. The first-order chi connectivity index (χ1) is 10.2. The van der Waals surface area contributed by atoms with Crippen molar-refractivity contribution in [3.05, 3.63) is 34.3 Å². The Morgan fingerprint density at radius 2 is 2.19 bits per heavy atom. The molecule has 0 saturated carbocycles. The smallest absolute Gasteiger partial charge is 0.0992 e. The summed E-state index contributed by atoms with van der Waals surface area (Å²) in [7, 11) is 2.27. The van der Waals surface area contributed by atoms with E-state index in [1.807, 2.05) is 12.1 Å². The Balaban J connectivity index is 1.65. The average molecular weight is 304 g/mol. The van der Waals surface area contributed by atoms with E-state index >= 15 is 0 Å². The van der Waals surface area contributed by atoms with E-state index in [1.54, 1.807) is 6.07 Å². The lowest BCUT2D eigenvalue weighted by molar-refractivity contribution is 0.0355. The second kappa shape index (κ2) is 6.36. The van der Waals surface area contributed by atoms with E-state index in [-0.39, 0.29) is 0 Å². The molecule has 0 bridgehead atoms. The number of fused-ring (bicyclic) bond motifs is 1. The monoisotopic (exact) mass is 303 g/mol. The molecule has 2 fully saturated rings. The standard InChI is InChI=1S/C17H22ClN3/c1-20-7-2-3-15-12-21(8-6-17(15)20)11-14-5-4-13(10-19)9-16(14)18/h4-5,9,15,17H,2-3,6-8,11-12H2,1H3. The van der Waals surface area contributed by atoms with Crippen LogP contribution in [-0.4, -0.2) is 42.5 Å². The van der Waals surface area contributed by atoms with E-state index in [4.69, 9.17) is 16.9 Å². The second-order valence-corrected chi connectivity index (χ2v) is 6.80. The molecule has 2 aliphatic heterocycles. The third kappa shape index (κ3) is 3.23. The number of likely N-dealkylation sites (tertiary alicyclic amines) is 2. The van der Waals surface area contributed by atoms with Gasteiger partial charge in [0, 0.05) is 24.2 Å². The highest BCUT2D eigenvalue weighted by atomic mass is 35.5. The lowest BCUT2D eigenvalue weighted by atomic mass is 9.84. The number of hydrogen-bond acceptors (Lipinski definition) is 3. The van der Waals surface area contributed by atoms with Crippen LogP contribution in [0.25, 0.3) is 0 Å². The SMILES string of the molecule is CN1CCCC2CN(Cc3ccc(C#N)cc3Cl)CCC21. The fraction of sp³-hybridized carbons (Fsp3) is 0.588. The van der Waals surface area contributed by atoms with Crippen molar-refractivity contribution in [2.45, 2.75) is 31.8 Å². The number of nitriles is 1. The van der Waals surface area contributed by atoms with Gasteiger partial charge in [-0.3, -0.25) is 4.90 Å². The van der Waals surface area contributed by atoms with Crippen molar-refractivity contribution in [1.29, 1.82) is 5.26 Å². The van der Waals surface area contributed by atoms with Gasteiger partial charge in [0.2, 0.25) is 0 Å². The number of nitrogens with zero attached hydrogens (tertiary/aromatic N) is 3. The summed E-state index contributed by atoms with van der Waals surface area (Å²) in [5.74, 6) is 0.801. The molecule has 3 rings (SSSR count). The molecule has 4 heteroatoms. The molecule has 2 heterocycles. The van der Waals surface area contributed by atoms with Crippen molar-refractivity contribution in [3.63, 3.8) is 0 Å². The molecule has 21 heavy (non-hydrogen) atoms. The molecule has 1 aromatic carbocycles. The third-order valence-electron chi connectivity index (χ3n) is 5.01. The number of piperidine rings is 2. The molecule has 0 aliphatic carbocycles. The molecular weight excluding hydrogens is 282 g/mol. The molecule has 112 valence electrons. The Morgan fingerprint density at radius 3 is 2.95 bits per heavy atom. The van der Waals surface area contributed by atoms with Gasteiger partial charge in [-0.25, -0.2) is 0 Å². The van der Waals surface area contributed by atoms with Gasteiger partial charge in [-0.1, -0.05) is 17.7 Å². The summed E-state index contributed by atoms with van der Waals surface area (Å²) in [6, 6.07) is 8.55. The van der Waals surface area contributed by atoms with E-state index in [1.165, 1.54) is 32.4 Å². The summed E-state index contributed by atoms with van der Waals surface area (Å²) in [4.78, 5) is 5.06. The highest BCUT2D eigenvalue weighted by Crippen LogP contribution is 2.31. The quantitative estimate of drug-likeness (QED) is 0.841. The molecule has 2 atom stereocenters. The maximum Gasteiger partial charge on any atom is 0.0992 e.